The van der Waals surface area contributed by atoms with E-state index in [4.69, 9.17) is 4.74 Å². The van der Waals surface area contributed by atoms with E-state index in [1.165, 1.54) is 0 Å². The van der Waals surface area contributed by atoms with Crippen molar-refractivity contribution in [3.63, 3.8) is 0 Å². The predicted molar refractivity (Wildman–Crippen MR) is 70.4 cm³/mol. The molecule has 1 aliphatic heterocycles. The fraction of sp³-hybridized carbons (Fsp3) is 0.615. The summed E-state index contributed by atoms with van der Waals surface area (Å²) in [7, 11) is 1.78. The highest BCUT2D eigenvalue weighted by molar-refractivity contribution is 7.09. The molecule has 0 unspecified atom stereocenters. The van der Waals surface area contributed by atoms with Gasteiger partial charge in [-0.2, -0.15) is 0 Å². The van der Waals surface area contributed by atoms with Crippen molar-refractivity contribution in [3.05, 3.63) is 22.4 Å². The van der Waals surface area contributed by atoms with E-state index in [1.54, 1.807) is 23.3 Å². The van der Waals surface area contributed by atoms with Gasteiger partial charge in [0, 0.05) is 38.0 Å². The van der Waals surface area contributed by atoms with Gasteiger partial charge in [0.1, 0.15) is 0 Å². The Kier molecular flexibility index (Phi) is 4.37. The van der Waals surface area contributed by atoms with Crippen molar-refractivity contribution >= 4 is 17.2 Å². The standard InChI is InChI=1S/C13H19NO3S/c1-14(10-11-3-2-8-18-11)12(15)9-13(16)4-6-17-7-5-13/h2-3,8,16H,4-7,9-10H2,1H3. The van der Waals surface area contributed by atoms with Gasteiger partial charge in [0.2, 0.25) is 5.91 Å². The molecule has 100 valence electrons. The summed E-state index contributed by atoms with van der Waals surface area (Å²) in [5.74, 6) is -0.00667. The summed E-state index contributed by atoms with van der Waals surface area (Å²) in [6, 6.07) is 3.99. The highest BCUT2D eigenvalue weighted by atomic mass is 32.1. The molecule has 1 aromatic rings. The fourth-order valence-electron chi connectivity index (χ4n) is 2.07. The van der Waals surface area contributed by atoms with Crippen molar-refractivity contribution in [1.29, 1.82) is 0 Å². The molecule has 0 aliphatic carbocycles. The lowest BCUT2D eigenvalue weighted by Gasteiger charge is -2.32. The van der Waals surface area contributed by atoms with E-state index in [1.807, 2.05) is 17.5 Å². The third kappa shape index (κ3) is 3.54. The van der Waals surface area contributed by atoms with Gasteiger partial charge in [0.25, 0.3) is 0 Å². The minimum atomic E-state index is -0.876. The van der Waals surface area contributed by atoms with E-state index in [9.17, 15) is 9.90 Å². The lowest BCUT2D eigenvalue weighted by atomic mass is 9.90. The largest absolute Gasteiger partial charge is 0.389 e. The molecule has 2 heterocycles. The van der Waals surface area contributed by atoms with E-state index >= 15 is 0 Å². The Morgan fingerprint density at radius 1 is 1.56 bits per heavy atom. The molecule has 1 amide bonds. The van der Waals surface area contributed by atoms with Gasteiger partial charge in [-0.25, -0.2) is 0 Å². The quantitative estimate of drug-likeness (QED) is 0.904. The number of hydrogen-bond acceptors (Lipinski definition) is 4. The van der Waals surface area contributed by atoms with Gasteiger partial charge in [-0.15, -0.1) is 11.3 Å². The summed E-state index contributed by atoms with van der Waals surface area (Å²) >= 11 is 1.64. The van der Waals surface area contributed by atoms with E-state index in [0.717, 1.165) is 4.88 Å². The average Bonchev–Trinajstić information content (AvgIpc) is 2.82. The minimum Gasteiger partial charge on any atom is -0.389 e. The maximum atomic E-state index is 12.1. The normalized spacial score (nSPS) is 18.6. The Morgan fingerprint density at radius 3 is 2.89 bits per heavy atom. The van der Waals surface area contributed by atoms with Crippen LogP contribution in [0.15, 0.2) is 17.5 Å². The number of amides is 1. The fourth-order valence-corrected chi connectivity index (χ4v) is 2.83. The lowest BCUT2D eigenvalue weighted by molar-refractivity contribution is -0.140. The first-order valence-electron chi connectivity index (χ1n) is 6.16. The van der Waals surface area contributed by atoms with Crippen LogP contribution in [0.5, 0.6) is 0 Å². The summed E-state index contributed by atoms with van der Waals surface area (Å²) in [4.78, 5) is 14.9. The van der Waals surface area contributed by atoms with Crippen molar-refractivity contribution in [3.8, 4) is 0 Å². The third-order valence-electron chi connectivity index (χ3n) is 3.30. The first-order valence-corrected chi connectivity index (χ1v) is 7.03. The third-order valence-corrected chi connectivity index (χ3v) is 4.16. The summed E-state index contributed by atoms with van der Waals surface area (Å²) in [6.45, 7) is 1.69. The highest BCUT2D eigenvalue weighted by Crippen LogP contribution is 2.25. The second-order valence-electron chi connectivity index (χ2n) is 4.84. The van der Waals surface area contributed by atoms with Crippen LogP contribution < -0.4 is 0 Å². The van der Waals surface area contributed by atoms with Crippen molar-refractivity contribution in [1.82, 2.24) is 4.90 Å². The van der Waals surface area contributed by atoms with Gasteiger partial charge in [-0.3, -0.25) is 4.79 Å². The van der Waals surface area contributed by atoms with E-state index in [2.05, 4.69) is 0 Å². The van der Waals surface area contributed by atoms with Crippen LogP contribution in [0.1, 0.15) is 24.1 Å². The maximum Gasteiger partial charge on any atom is 0.225 e. The van der Waals surface area contributed by atoms with Crippen LogP contribution in [0.2, 0.25) is 0 Å². The Balaban J connectivity index is 1.86. The van der Waals surface area contributed by atoms with Crippen LogP contribution in [-0.4, -0.2) is 41.8 Å². The van der Waals surface area contributed by atoms with Gasteiger partial charge >= 0.3 is 0 Å². The zero-order valence-electron chi connectivity index (χ0n) is 10.6. The summed E-state index contributed by atoms with van der Waals surface area (Å²) in [5, 5.41) is 12.3. The van der Waals surface area contributed by atoms with E-state index in [0.29, 0.717) is 32.6 Å². The molecule has 0 aromatic carbocycles. The minimum absolute atomic E-state index is 0.00667. The number of rotatable bonds is 4. The molecule has 0 saturated carbocycles. The number of aliphatic hydroxyl groups is 1. The monoisotopic (exact) mass is 269 g/mol. The number of carbonyl (C=O) groups excluding carboxylic acids is 1. The smallest absolute Gasteiger partial charge is 0.225 e. The van der Waals surface area contributed by atoms with Gasteiger partial charge in [-0.05, 0) is 11.4 Å². The molecular formula is C13H19NO3S. The summed E-state index contributed by atoms with van der Waals surface area (Å²) < 4.78 is 5.21. The molecular weight excluding hydrogens is 250 g/mol. The summed E-state index contributed by atoms with van der Waals surface area (Å²) in [5.41, 5.74) is -0.876. The van der Waals surface area contributed by atoms with Crippen LogP contribution >= 0.6 is 11.3 Å². The molecule has 4 nitrogen and oxygen atoms in total. The van der Waals surface area contributed by atoms with Crippen LogP contribution in [-0.2, 0) is 16.1 Å². The highest BCUT2D eigenvalue weighted by Gasteiger charge is 2.33. The summed E-state index contributed by atoms with van der Waals surface area (Å²) in [6.07, 6.45) is 1.29. The van der Waals surface area contributed by atoms with Gasteiger partial charge in [0.05, 0.1) is 18.6 Å². The molecule has 1 fully saturated rings. The average molecular weight is 269 g/mol. The van der Waals surface area contributed by atoms with Crippen molar-refractivity contribution in [2.24, 2.45) is 0 Å². The van der Waals surface area contributed by atoms with Crippen LogP contribution in [0.4, 0.5) is 0 Å². The first kappa shape index (κ1) is 13.5. The Bertz CT molecular complexity index is 385. The van der Waals surface area contributed by atoms with Gasteiger partial charge in [0.15, 0.2) is 0 Å². The zero-order valence-corrected chi connectivity index (χ0v) is 11.4. The van der Waals surface area contributed by atoms with E-state index < -0.39 is 5.60 Å². The second-order valence-corrected chi connectivity index (χ2v) is 5.87. The SMILES string of the molecule is CN(Cc1cccs1)C(=O)CC1(O)CCOCC1. The van der Waals surface area contributed by atoms with Gasteiger partial charge in [-0.1, -0.05) is 6.07 Å². The molecule has 1 N–H and O–H groups in total. The molecule has 0 spiro atoms. The molecule has 18 heavy (non-hydrogen) atoms. The number of nitrogens with zero attached hydrogens (tertiary/aromatic N) is 1. The maximum absolute atomic E-state index is 12.1. The van der Waals surface area contributed by atoms with Crippen LogP contribution in [0.3, 0.4) is 0 Å². The zero-order chi connectivity index (χ0) is 13.0. The van der Waals surface area contributed by atoms with Crippen LogP contribution in [0.25, 0.3) is 0 Å². The van der Waals surface area contributed by atoms with E-state index in [-0.39, 0.29) is 12.3 Å². The molecule has 2 rings (SSSR count). The molecule has 0 bridgehead atoms. The predicted octanol–water partition coefficient (Wildman–Crippen LogP) is 1.64. The Hall–Kier alpha value is -0.910. The second kappa shape index (κ2) is 5.82. The van der Waals surface area contributed by atoms with Crippen molar-refractivity contribution in [2.75, 3.05) is 20.3 Å². The number of thiophene rings is 1. The topological polar surface area (TPSA) is 49.8 Å². The van der Waals surface area contributed by atoms with Crippen LogP contribution in [0, 0.1) is 0 Å². The molecule has 5 heteroatoms. The molecule has 0 radical (unpaired) electrons. The number of ether oxygens (including phenoxy) is 1. The molecule has 0 atom stereocenters. The Labute approximate surface area is 111 Å². The van der Waals surface area contributed by atoms with Gasteiger partial charge < -0.3 is 14.7 Å². The van der Waals surface area contributed by atoms with Crippen molar-refractivity contribution in [2.45, 2.75) is 31.4 Å². The van der Waals surface area contributed by atoms with Crippen molar-refractivity contribution < 1.29 is 14.6 Å². The number of carbonyl (C=O) groups is 1. The first-order chi connectivity index (χ1) is 8.59. The molecule has 1 aromatic heterocycles. The molecule has 1 saturated heterocycles. The Morgan fingerprint density at radius 2 is 2.28 bits per heavy atom. The molecule has 1 aliphatic rings. The number of hydrogen-bond donors (Lipinski definition) is 1. The lowest BCUT2D eigenvalue weighted by Crippen LogP contribution is -2.41.